The minimum atomic E-state index is -0.666. The van der Waals surface area contributed by atoms with Gasteiger partial charge in [-0.2, -0.15) is 5.21 Å². The highest BCUT2D eigenvalue weighted by molar-refractivity contribution is 5.92. The smallest absolute Gasteiger partial charge is 0.408 e. The lowest BCUT2D eigenvalue weighted by Crippen LogP contribution is -2.37. The molecule has 0 aliphatic carbocycles. The van der Waals surface area contributed by atoms with Gasteiger partial charge < -0.3 is 10.1 Å². The summed E-state index contributed by atoms with van der Waals surface area (Å²) in [5.74, 6) is -0.432. The first-order valence-electron chi connectivity index (χ1n) is 4.87. The van der Waals surface area contributed by atoms with E-state index in [0.717, 1.165) is 0 Å². The van der Waals surface area contributed by atoms with E-state index in [-0.39, 0.29) is 12.5 Å². The second-order valence-electron chi connectivity index (χ2n) is 4.14. The predicted molar refractivity (Wildman–Crippen MR) is 57.0 cm³/mol. The number of ether oxygens (including phenoxy) is 1. The zero-order chi connectivity index (χ0) is 12.9. The Kier molecular flexibility index (Phi) is 3.96. The van der Waals surface area contributed by atoms with Crippen molar-refractivity contribution in [3.05, 3.63) is 0 Å². The second-order valence-corrected chi connectivity index (χ2v) is 4.14. The number of carbonyl (C=O) groups is 2. The number of hydrogen-bond acceptors (Lipinski definition) is 6. The molecule has 2 amide bonds. The summed E-state index contributed by atoms with van der Waals surface area (Å²) in [6, 6.07) is 0. The summed E-state index contributed by atoms with van der Waals surface area (Å²) in [6.45, 7) is 4.95. The zero-order valence-corrected chi connectivity index (χ0v) is 9.77. The van der Waals surface area contributed by atoms with E-state index >= 15 is 0 Å². The summed E-state index contributed by atoms with van der Waals surface area (Å²) in [4.78, 5) is 22.5. The molecule has 9 nitrogen and oxygen atoms in total. The van der Waals surface area contributed by atoms with Gasteiger partial charge in [-0.25, -0.2) is 4.79 Å². The number of anilines is 1. The molecule has 0 aliphatic rings. The topological polar surface area (TPSA) is 122 Å². The van der Waals surface area contributed by atoms with Crippen LogP contribution in [-0.2, 0) is 9.53 Å². The first-order valence-corrected chi connectivity index (χ1v) is 4.87. The summed E-state index contributed by atoms with van der Waals surface area (Å²) in [6.07, 6.45) is -0.666. The van der Waals surface area contributed by atoms with Gasteiger partial charge in [0.15, 0.2) is 0 Å². The van der Waals surface area contributed by atoms with E-state index in [1.54, 1.807) is 20.8 Å². The quantitative estimate of drug-likeness (QED) is 0.666. The Morgan fingerprint density at radius 2 is 2.12 bits per heavy atom. The Hall–Kier alpha value is -2.19. The van der Waals surface area contributed by atoms with Crippen molar-refractivity contribution in [1.82, 2.24) is 25.9 Å². The van der Waals surface area contributed by atoms with E-state index in [4.69, 9.17) is 4.74 Å². The molecular weight excluding hydrogens is 228 g/mol. The molecular formula is C8H14N6O3. The number of tetrazole rings is 1. The molecule has 1 aromatic rings. The predicted octanol–water partition coefficient (Wildman–Crippen LogP) is -0.337. The average molecular weight is 242 g/mol. The van der Waals surface area contributed by atoms with Crippen LogP contribution in [0, 0.1) is 0 Å². The SMILES string of the molecule is CC(C)(C)OC(=O)NCC(=O)Nc1nn[nH]n1. The molecule has 17 heavy (non-hydrogen) atoms. The molecule has 0 saturated heterocycles. The van der Waals surface area contributed by atoms with Crippen molar-refractivity contribution < 1.29 is 14.3 Å². The number of aromatic amines is 1. The van der Waals surface area contributed by atoms with Crippen LogP contribution in [-0.4, -0.2) is 44.8 Å². The third kappa shape index (κ3) is 5.44. The number of carbonyl (C=O) groups excluding carboxylic acids is 2. The molecule has 0 spiro atoms. The fourth-order valence-electron chi connectivity index (χ4n) is 0.850. The van der Waals surface area contributed by atoms with Crippen molar-refractivity contribution >= 4 is 17.9 Å². The summed E-state index contributed by atoms with van der Waals surface area (Å²) < 4.78 is 4.94. The molecule has 0 atom stereocenters. The lowest BCUT2D eigenvalue weighted by atomic mass is 10.2. The zero-order valence-electron chi connectivity index (χ0n) is 9.77. The molecule has 0 fully saturated rings. The van der Waals surface area contributed by atoms with E-state index in [2.05, 4.69) is 31.3 Å². The van der Waals surface area contributed by atoms with Gasteiger partial charge in [-0.15, -0.1) is 5.10 Å². The molecule has 0 aromatic carbocycles. The molecule has 0 radical (unpaired) electrons. The van der Waals surface area contributed by atoms with Gasteiger partial charge in [0.1, 0.15) is 12.1 Å². The average Bonchev–Trinajstić information content (AvgIpc) is 2.64. The minimum Gasteiger partial charge on any atom is -0.444 e. The van der Waals surface area contributed by atoms with Crippen molar-refractivity contribution in [2.75, 3.05) is 11.9 Å². The number of nitrogens with zero attached hydrogens (tertiary/aromatic N) is 3. The van der Waals surface area contributed by atoms with E-state index in [1.165, 1.54) is 0 Å². The second kappa shape index (κ2) is 5.23. The minimum absolute atomic E-state index is 0.0426. The number of hydrogen-bond donors (Lipinski definition) is 3. The third-order valence-corrected chi connectivity index (χ3v) is 1.39. The molecule has 0 unspecified atom stereocenters. The van der Waals surface area contributed by atoms with Crippen molar-refractivity contribution in [2.45, 2.75) is 26.4 Å². The number of rotatable bonds is 3. The maximum absolute atomic E-state index is 11.3. The Labute approximate surface area is 97.3 Å². The molecule has 1 rings (SSSR count). The van der Waals surface area contributed by atoms with Crippen LogP contribution >= 0.6 is 0 Å². The number of nitrogens with one attached hydrogen (secondary N) is 3. The van der Waals surface area contributed by atoms with E-state index in [1.807, 2.05) is 0 Å². The molecule has 0 bridgehead atoms. The van der Waals surface area contributed by atoms with Gasteiger partial charge >= 0.3 is 6.09 Å². The molecule has 94 valence electrons. The van der Waals surface area contributed by atoms with Gasteiger partial charge in [-0.1, -0.05) is 5.10 Å². The van der Waals surface area contributed by atoms with Crippen LogP contribution in [0.2, 0.25) is 0 Å². The number of alkyl carbamates (subject to hydrolysis) is 1. The standard InChI is InChI=1S/C8H14N6O3/c1-8(2,3)17-7(16)9-4-5(15)10-6-11-13-14-12-6/h4H2,1-3H3,(H,9,16)(H2,10,11,12,13,14,15). The van der Waals surface area contributed by atoms with Crippen LogP contribution in [0.25, 0.3) is 0 Å². The normalized spacial score (nSPS) is 10.8. The number of H-pyrrole nitrogens is 1. The third-order valence-electron chi connectivity index (χ3n) is 1.39. The summed E-state index contributed by atoms with van der Waals surface area (Å²) in [5.41, 5.74) is -0.603. The lowest BCUT2D eigenvalue weighted by molar-refractivity contribution is -0.115. The van der Waals surface area contributed by atoms with Gasteiger partial charge in [0.05, 0.1) is 0 Å². The van der Waals surface area contributed by atoms with Gasteiger partial charge in [0, 0.05) is 0 Å². The summed E-state index contributed by atoms with van der Waals surface area (Å²) >= 11 is 0. The van der Waals surface area contributed by atoms with Crippen LogP contribution in [0.15, 0.2) is 0 Å². The molecule has 0 aliphatic heterocycles. The van der Waals surface area contributed by atoms with Crippen molar-refractivity contribution in [2.24, 2.45) is 0 Å². The first kappa shape index (κ1) is 12.9. The maximum Gasteiger partial charge on any atom is 0.408 e. The van der Waals surface area contributed by atoms with Crippen LogP contribution in [0.4, 0.5) is 10.7 Å². The molecule has 0 saturated carbocycles. The van der Waals surface area contributed by atoms with Crippen molar-refractivity contribution in [3.8, 4) is 0 Å². The number of aromatic nitrogens is 4. The maximum atomic E-state index is 11.3. The van der Waals surface area contributed by atoms with Crippen LogP contribution in [0.3, 0.4) is 0 Å². The van der Waals surface area contributed by atoms with E-state index < -0.39 is 17.6 Å². The van der Waals surface area contributed by atoms with Crippen LogP contribution in [0.1, 0.15) is 20.8 Å². The molecule has 9 heteroatoms. The molecule has 3 N–H and O–H groups in total. The summed E-state index contributed by atoms with van der Waals surface area (Å²) in [5, 5.41) is 17.1. The molecule has 1 heterocycles. The Balaban J connectivity index is 2.26. The van der Waals surface area contributed by atoms with E-state index in [9.17, 15) is 9.59 Å². The highest BCUT2D eigenvalue weighted by Crippen LogP contribution is 2.06. The van der Waals surface area contributed by atoms with Gasteiger partial charge in [-0.05, 0) is 26.0 Å². The lowest BCUT2D eigenvalue weighted by Gasteiger charge is -2.19. The highest BCUT2D eigenvalue weighted by Gasteiger charge is 2.16. The Morgan fingerprint density at radius 1 is 1.41 bits per heavy atom. The van der Waals surface area contributed by atoms with Gasteiger partial charge in [0.25, 0.3) is 5.95 Å². The highest BCUT2D eigenvalue weighted by atomic mass is 16.6. The fraction of sp³-hybridized carbons (Fsp3) is 0.625. The Bertz CT molecular complexity index is 382. The van der Waals surface area contributed by atoms with Gasteiger partial charge in [0.2, 0.25) is 5.91 Å². The largest absolute Gasteiger partial charge is 0.444 e. The van der Waals surface area contributed by atoms with Crippen LogP contribution < -0.4 is 10.6 Å². The van der Waals surface area contributed by atoms with Crippen molar-refractivity contribution in [3.63, 3.8) is 0 Å². The van der Waals surface area contributed by atoms with Gasteiger partial charge in [-0.3, -0.25) is 10.1 Å². The Morgan fingerprint density at radius 3 is 2.65 bits per heavy atom. The van der Waals surface area contributed by atoms with Crippen LogP contribution in [0.5, 0.6) is 0 Å². The van der Waals surface area contributed by atoms with Crippen molar-refractivity contribution in [1.29, 1.82) is 0 Å². The van der Waals surface area contributed by atoms with E-state index in [0.29, 0.717) is 0 Å². The monoisotopic (exact) mass is 242 g/mol. The molecule has 1 aromatic heterocycles. The summed E-state index contributed by atoms with van der Waals surface area (Å²) in [7, 11) is 0. The number of amides is 2. The fourth-order valence-corrected chi connectivity index (χ4v) is 0.850. The first-order chi connectivity index (χ1) is 7.87.